The fourth-order valence-corrected chi connectivity index (χ4v) is 6.29. The van der Waals surface area contributed by atoms with E-state index in [-0.39, 0.29) is 30.0 Å². The number of nitrogens with one attached hydrogen (secondary N) is 1. The van der Waals surface area contributed by atoms with E-state index in [9.17, 15) is 18.3 Å². The van der Waals surface area contributed by atoms with Gasteiger partial charge in [-0.05, 0) is 62.3 Å². The molecule has 1 aromatic carbocycles. The number of rotatable bonds is 7. The molecule has 0 saturated heterocycles. The lowest BCUT2D eigenvalue weighted by atomic mass is 9.93. The number of nitrogens with zero attached hydrogens (tertiary/aromatic N) is 2. The number of hydrogen-bond donors (Lipinski definition) is 2. The Kier molecular flexibility index (Phi) is 9.01. The van der Waals surface area contributed by atoms with Crippen LogP contribution in [0.15, 0.2) is 29.2 Å². The van der Waals surface area contributed by atoms with E-state index in [0.29, 0.717) is 18.8 Å². The summed E-state index contributed by atoms with van der Waals surface area (Å²) >= 11 is 0. The van der Waals surface area contributed by atoms with Gasteiger partial charge in [0, 0.05) is 32.1 Å². The molecule has 0 aromatic heterocycles. The van der Waals surface area contributed by atoms with Crippen molar-refractivity contribution in [2.24, 2.45) is 5.92 Å². The molecule has 0 unspecified atom stereocenters. The Hall–Kier alpha value is -2.10. The zero-order valence-corrected chi connectivity index (χ0v) is 21.6. The summed E-state index contributed by atoms with van der Waals surface area (Å²) in [5, 5.41) is 12.7. The number of aliphatic hydroxyl groups is 1. The molecule has 9 heteroatoms. The third-order valence-electron chi connectivity index (χ3n) is 6.66. The summed E-state index contributed by atoms with van der Waals surface area (Å²) < 4.78 is 35.0. The van der Waals surface area contributed by atoms with Crippen LogP contribution in [0.25, 0.3) is 5.57 Å². The minimum atomic E-state index is -3.88. The monoisotopic (exact) mass is 493 g/mol. The van der Waals surface area contributed by atoms with Crippen LogP contribution in [0.1, 0.15) is 58.4 Å². The SMILES string of the molecule is CCCNC(=O)N(C)C[C@H]1Oc2cc(C3=CCCCC3)ccc2S(=O)(=O)N([C@H](C)CO)C[C@@H]1C. The fraction of sp³-hybridized carbons (Fsp3) is 0.640. The molecular weight excluding hydrogens is 454 g/mol. The normalized spacial score (nSPS) is 23.5. The lowest BCUT2D eigenvalue weighted by molar-refractivity contribution is 0.0812. The van der Waals surface area contributed by atoms with Gasteiger partial charge in [-0.3, -0.25) is 0 Å². The maximum absolute atomic E-state index is 13.6. The van der Waals surface area contributed by atoms with Crippen molar-refractivity contribution in [3.05, 3.63) is 29.8 Å². The van der Waals surface area contributed by atoms with Crippen LogP contribution in [0.4, 0.5) is 4.79 Å². The predicted octanol–water partition coefficient (Wildman–Crippen LogP) is 3.46. The molecule has 2 N–H and O–H groups in total. The van der Waals surface area contributed by atoms with E-state index < -0.39 is 22.2 Å². The van der Waals surface area contributed by atoms with Crippen LogP contribution in [0.5, 0.6) is 5.75 Å². The van der Waals surface area contributed by atoms with Crippen molar-refractivity contribution >= 4 is 21.6 Å². The molecule has 1 aliphatic heterocycles. The number of fused-ring (bicyclic) bond motifs is 1. The molecule has 0 radical (unpaired) electrons. The fourth-order valence-electron chi connectivity index (χ4n) is 4.46. The molecule has 2 aliphatic rings. The van der Waals surface area contributed by atoms with Gasteiger partial charge < -0.3 is 20.1 Å². The molecule has 190 valence electrons. The average molecular weight is 494 g/mol. The van der Waals surface area contributed by atoms with E-state index in [1.54, 1.807) is 24.9 Å². The van der Waals surface area contributed by atoms with E-state index in [0.717, 1.165) is 31.2 Å². The molecule has 34 heavy (non-hydrogen) atoms. The molecule has 8 nitrogen and oxygen atoms in total. The Balaban J connectivity index is 2.01. The van der Waals surface area contributed by atoms with Gasteiger partial charge in [0.15, 0.2) is 0 Å². The molecular formula is C25H39N3O5S. The second-order valence-electron chi connectivity index (χ2n) is 9.49. The van der Waals surface area contributed by atoms with Gasteiger partial charge in [0.2, 0.25) is 10.0 Å². The maximum Gasteiger partial charge on any atom is 0.317 e. The number of carbonyl (C=O) groups excluding carboxylic acids is 1. The molecule has 3 rings (SSSR count). The van der Waals surface area contributed by atoms with Crippen molar-refractivity contribution in [2.45, 2.75) is 69.9 Å². The van der Waals surface area contributed by atoms with E-state index in [4.69, 9.17) is 4.74 Å². The largest absolute Gasteiger partial charge is 0.487 e. The van der Waals surface area contributed by atoms with Crippen LogP contribution in [0.2, 0.25) is 0 Å². The van der Waals surface area contributed by atoms with Gasteiger partial charge in [0.25, 0.3) is 0 Å². The first-order chi connectivity index (χ1) is 16.2. The Morgan fingerprint density at radius 3 is 2.76 bits per heavy atom. The van der Waals surface area contributed by atoms with Crippen molar-refractivity contribution in [2.75, 3.05) is 33.3 Å². The average Bonchev–Trinajstić information content (AvgIpc) is 2.84. The highest BCUT2D eigenvalue weighted by molar-refractivity contribution is 7.89. The van der Waals surface area contributed by atoms with Crippen molar-refractivity contribution < 1.29 is 23.1 Å². The lowest BCUT2D eigenvalue weighted by Gasteiger charge is -2.37. The van der Waals surface area contributed by atoms with Crippen LogP contribution < -0.4 is 10.1 Å². The van der Waals surface area contributed by atoms with Crippen molar-refractivity contribution in [1.82, 2.24) is 14.5 Å². The Labute approximate surface area is 204 Å². The number of sulfonamides is 1. The summed E-state index contributed by atoms with van der Waals surface area (Å²) in [6.07, 6.45) is 6.89. The Bertz CT molecular complexity index is 994. The van der Waals surface area contributed by atoms with Crippen LogP contribution >= 0.6 is 0 Å². The van der Waals surface area contributed by atoms with Crippen LogP contribution in [-0.2, 0) is 10.0 Å². The highest BCUT2D eigenvalue weighted by atomic mass is 32.2. The van der Waals surface area contributed by atoms with E-state index >= 15 is 0 Å². The van der Waals surface area contributed by atoms with E-state index in [1.165, 1.54) is 16.3 Å². The zero-order valence-electron chi connectivity index (χ0n) is 20.8. The quantitative estimate of drug-likeness (QED) is 0.606. The molecule has 0 bridgehead atoms. The standard InChI is InChI=1S/C25H39N3O5S/c1-5-13-26-25(30)27(4)16-23-18(2)15-28(19(3)17-29)34(31,32)24-12-11-21(14-22(24)33-23)20-9-7-6-8-10-20/h9,11-12,14,18-19,23,29H,5-8,10,13,15-17H2,1-4H3,(H,26,30)/t18-,19+,23+/m0/s1. The molecule has 3 atom stereocenters. The highest BCUT2D eigenvalue weighted by Crippen LogP contribution is 2.37. The Morgan fingerprint density at radius 2 is 2.12 bits per heavy atom. The number of aliphatic hydroxyl groups excluding tert-OH is 1. The van der Waals surface area contributed by atoms with E-state index in [1.807, 2.05) is 26.0 Å². The summed E-state index contributed by atoms with van der Waals surface area (Å²) in [5.74, 6) is 0.0916. The van der Waals surface area contributed by atoms with Gasteiger partial charge in [-0.25, -0.2) is 13.2 Å². The predicted molar refractivity (Wildman–Crippen MR) is 133 cm³/mol. The molecule has 0 saturated carbocycles. The van der Waals surface area contributed by atoms with Crippen LogP contribution in [-0.4, -0.2) is 74.2 Å². The number of urea groups is 1. The summed E-state index contributed by atoms with van der Waals surface area (Å²) in [4.78, 5) is 14.2. The number of ether oxygens (including phenoxy) is 1. The van der Waals surface area contributed by atoms with Crippen molar-refractivity contribution in [3.8, 4) is 5.75 Å². The molecule has 0 fully saturated rings. The third-order valence-corrected chi connectivity index (χ3v) is 8.68. The summed E-state index contributed by atoms with van der Waals surface area (Å²) in [6.45, 7) is 6.42. The van der Waals surface area contributed by atoms with Gasteiger partial charge in [-0.15, -0.1) is 0 Å². The lowest BCUT2D eigenvalue weighted by Crippen LogP contribution is -2.51. The van der Waals surface area contributed by atoms with Gasteiger partial charge in [0.05, 0.1) is 13.2 Å². The van der Waals surface area contributed by atoms with Crippen molar-refractivity contribution in [3.63, 3.8) is 0 Å². The first kappa shape index (κ1) is 26.5. The van der Waals surface area contributed by atoms with Crippen LogP contribution in [0.3, 0.4) is 0 Å². The zero-order chi connectivity index (χ0) is 24.9. The topological polar surface area (TPSA) is 99.2 Å². The molecule has 1 aromatic rings. The second kappa shape index (κ2) is 11.6. The minimum Gasteiger partial charge on any atom is -0.487 e. The number of hydrogen-bond acceptors (Lipinski definition) is 5. The van der Waals surface area contributed by atoms with Gasteiger partial charge in [0.1, 0.15) is 16.7 Å². The third kappa shape index (κ3) is 5.93. The van der Waals surface area contributed by atoms with Gasteiger partial charge in [-0.2, -0.15) is 4.31 Å². The second-order valence-corrected chi connectivity index (χ2v) is 11.3. The highest BCUT2D eigenvalue weighted by Gasteiger charge is 2.38. The smallest absolute Gasteiger partial charge is 0.317 e. The number of benzene rings is 1. The van der Waals surface area contributed by atoms with Gasteiger partial charge in [-0.1, -0.05) is 26.0 Å². The summed E-state index contributed by atoms with van der Waals surface area (Å²) in [7, 11) is -2.16. The number of amides is 2. The molecule has 0 spiro atoms. The first-order valence-electron chi connectivity index (χ1n) is 12.3. The molecule has 1 aliphatic carbocycles. The number of allylic oxidation sites excluding steroid dienone is 2. The summed E-state index contributed by atoms with van der Waals surface area (Å²) in [6, 6.07) is 4.54. The van der Waals surface area contributed by atoms with Gasteiger partial charge >= 0.3 is 6.03 Å². The molecule has 2 amide bonds. The van der Waals surface area contributed by atoms with Crippen LogP contribution in [0, 0.1) is 5.92 Å². The molecule has 1 heterocycles. The first-order valence-corrected chi connectivity index (χ1v) is 13.7. The van der Waals surface area contributed by atoms with E-state index in [2.05, 4.69) is 11.4 Å². The number of carbonyl (C=O) groups is 1. The Morgan fingerprint density at radius 1 is 1.35 bits per heavy atom. The van der Waals surface area contributed by atoms with Crippen molar-refractivity contribution in [1.29, 1.82) is 0 Å². The maximum atomic E-state index is 13.6. The minimum absolute atomic E-state index is 0.1000. The summed E-state index contributed by atoms with van der Waals surface area (Å²) in [5.41, 5.74) is 2.18. The number of likely N-dealkylation sites (N-methyl/N-ethyl adjacent to an activating group) is 1.